The Balaban J connectivity index is 2.53. The number of benzene rings is 2. The van der Waals surface area contributed by atoms with Gasteiger partial charge in [-0.25, -0.2) is 0 Å². The minimum atomic E-state index is 1.29. The molecular weight excluding hydrogens is 256 g/mol. The fourth-order valence-electron chi connectivity index (χ4n) is 1.86. The minimum absolute atomic E-state index is 1.29. The molecule has 0 saturated carbocycles. The van der Waals surface area contributed by atoms with Crippen LogP contribution in [-0.4, -0.2) is 12.5 Å². The second kappa shape index (κ2) is 6.72. The molecule has 0 aromatic heterocycles. The molecule has 2 aromatic rings. The van der Waals surface area contributed by atoms with Gasteiger partial charge in [0.25, 0.3) is 0 Å². The molecule has 0 fully saturated rings. The SMILES string of the molecule is CS/C(=C(/SC)c1ccccc1)c1ccccc1. The second-order valence-electron chi connectivity index (χ2n) is 3.80. The van der Waals surface area contributed by atoms with Gasteiger partial charge in [-0.05, 0) is 23.6 Å². The monoisotopic (exact) mass is 272 g/mol. The molecule has 0 nitrogen and oxygen atoms in total. The van der Waals surface area contributed by atoms with Crippen molar-refractivity contribution in [3.63, 3.8) is 0 Å². The average molecular weight is 272 g/mol. The third kappa shape index (κ3) is 3.01. The normalized spacial score (nSPS) is 12.1. The maximum atomic E-state index is 2.17. The third-order valence-electron chi connectivity index (χ3n) is 2.69. The summed E-state index contributed by atoms with van der Waals surface area (Å²) < 4.78 is 0. The van der Waals surface area contributed by atoms with Crippen LogP contribution < -0.4 is 0 Å². The zero-order valence-electron chi connectivity index (χ0n) is 10.6. The van der Waals surface area contributed by atoms with Gasteiger partial charge in [0.15, 0.2) is 0 Å². The van der Waals surface area contributed by atoms with E-state index in [9.17, 15) is 0 Å². The molecule has 0 spiro atoms. The molecule has 2 aromatic carbocycles. The van der Waals surface area contributed by atoms with E-state index >= 15 is 0 Å². The van der Waals surface area contributed by atoms with Gasteiger partial charge in [0.2, 0.25) is 0 Å². The van der Waals surface area contributed by atoms with Gasteiger partial charge in [0, 0.05) is 9.81 Å². The van der Waals surface area contributed by atoms with Crippen molar-refractivity contribution in [1.29, 1.82) is 0 Å². The van der Waals surface area contributed by atoms with Crippen LogP contribution in [0.3, 0.4) is 0 Å². The number of hydrogen-bond donors (Lipinski definition) is 0. The van der Waals surface area contributed by atoms with Crippen LogP contribution in [0.25, 0.3) is 9.81 Å². The molecule has 18 heavy (non-hydrogen) atoms. The number of thioether (sulfide) groups is 2. The van der Waals surface area contributed by atoms with Crippen LogP contribution in [0.4, 0.5) is 0 Å². The molecule has 0 bridgehead atoms. The first-order chi connectivity index (χ1) is 8.86. The van der Waals surface area contributed by atoms with Crippen molar-refractivity contribution in [2.45, 2.75) is 0 Å². The highest BCUT2D eigenvalue weighted by Gasteiger charge is 2.09. The van der Waals surface area contributed by atoms with Gasteiger partial charge in [0.1, 0.15) is 0 Å². The average Bonchev–Trinajstić information content (AvgIpc) is 2.46. The van der Waals surface area contributed by atoms with Crippen molar-refractivity contribution in [2.24, 2.45) is 0 Å². The Bertz CT molecular complexity index is 466. The Hall–Kier alpha value is -1.12. The lowest BCUT2D eigenvalue weighted by Crippen LogP contribution is -1.86. The van der Waals surface area contributed by atoms with Gasteiger partial charge in [-0.15, -0.1) is 23.5 Å². The first-order valence-electron chi connectivity index (χ1n) is 5.80. The molecule has 0 saturated heterocycles. The van der Waals surface area contributed by atoms with E-state index < -0.39 is 0 Å². The lowest BCUT2D eigenvalue weighted by Gasteiger charge is -2.12. The lowest BCUT2D eigenvalue weighted by atomic mass is 10.1. The van der Waals surface area contributed by atoms with Gasteiger partial charge in [-0.3, -0.25) is 0 Å². The summed E-state index contributed by atoms with van der Waals surface area (Å²) in [5, 5.41) is 0. The van der Waals surface area contributed by atoms with Gasteiger partial charge in [-0.1, -0.05) is 60.7 Å². The summed E-state index contributed by atoms with van der Waals surface area (Å²) in [6, 6.07) is 21.2. The maximum absolute atomic E-state index is 2.17. The van der Waals surface area contributed by atoms with Crippen molar-refractivity contribution in [1.82, 2.24) is 0 Å². The molecule has 0 unspecified atom stereocenters. The highest BCUT2D eigenvalue weighted by molar-refractivity contribution is 8.13. The molecule has 0 aliphatic carbocycles. The Labute approximate surface area is 118 Å². The maximum Gasteiger partial charge on any atom is 0.0284 e. The molecule has 0 N–H and O–H groups in total. The van der Waals surface area contributed by atoms with E-state index in [1.807, 2.05) is 23.5 Å². The summed E-state index contributed by atoms with van der Waals surface area (Å²) in [7, 11) is 0. The van der Waals surface area contributed by atoms with Gasteiger partial charge < -0.3 is 0 Å². The molecule has 0 radical (unpaired) electrons. The van der Waals surface area contributed by atoms with E-state index in [-0.39, 0.29) is 0 Å². The molecule has 0 heterocycles. The van der Waals surface area contributed by atoms with E-state index in [1.54, 1.807) is 0 Å². The molecular formula is C16H16S2. The fraction of sp³-hybridized carbons (Fsp3) is 0.125. The van der Waals surface area contributed by atoms with Crippen LogP contribution in [0.15, 0.2) is 60.7 Å². The zero-order chi connectivity index (χ0) is 12.8. The summed E-state index contributed by atoms with van der Waals surface area (Å²) >= 11 is 3.62. The van der Waals surface area contributed by atoms with E-state index in [0.29, 0.717) is 0 Å². The van der Waals surface area contributed by atoms with Gasteiger partial charge >= 0.3 is 0 Å². The Morgan fingerprint density at radius 2 is 0.944 bits per heavy atom. The van der Waals surface area contributed by atoms with Crippen LogP contribution in [0.5, 0.6) is 0 Å². The largest absolute Gasteiger partial charge is 0.128 e. The van der Waals surface area contributed by atoms with Crippen LogP contribution in [0.1, 0.15) is 11.1 Å². The van der Waals surface area contributed by atoms with Crippen LogP contribution >= 0.6 is 23.5 Å². The highest BCUT2D eigenvalue weighted by atomic mass is 32.2. The fourth-order valence-corrected chi connectivity index (χ4v) is 3.71. The Morgan fingerprint density at radius 1 is 0.611 bits per heavy atom. The van der Waals surface area contributed by atoms with Crippen molar-refractivity contribution in [3.05, 3.63) is 71.8 Å². The zero-order valence-corrected chi connectivity index (χ0v) is 12.2. The lowest BCUT2D eigenvalue weighted by molar-refractivity contribution is 1.63. The highest BCUT2D eigenvalue weighted by Crippen LogP contribution is 2.39. The van der Waals surface area contributed by atoms with E-state index in [2.05, 4.69) is 73.2 Å². The first-order valence-corrected chi connectivity index (χ1v) is 8.25. The molecule has 0 aliphatic heterocycles. The Morgan fingerprint density at radius 3 is 1.22 bits per heavy atom. The summed E-state index contributed by atoms with van der Waals surface area (Å²) in [4.78, 5) is 2.68. The topological polar surface area (TPSA) is 0 Å². The number of hydrogen-bond acceptors (Lipinski definition) is 2. The molecule has 0 atom stereocenters. The molecule has 0 amide bonds. The van der Waals surface area contributed by atoms with Crippen molar-refractivity contribution < 1.29 is 0 Å². The second-order valence-corrected chi connectivity index (χ2v) is 5.43. The summed E-state index contributed by atoms with van der Waals surface area (Å²) in [6.07, 6.45) is 4.28. The molecule has 0 aliphatic rings. The van der Waals surface area contributed by atoms with E-state index in [4.69, 9.17) is 0 Å². The molecule has 2 heteroatoms. The predicted octanol–water partition coefficient (Wildman–Crippen LogP) is 5.24. The minimum Gasteiger partial charge on any atom is -0.128 e. The smallest absolute Gasteiger partial charge is 0.0284 e. The molecule has 2 rings (SSSR count). The standard InChI is InChI=1S/C16H16S2/c1-17-15(13-9-5-3-6-10-13)16(18-2)14-11-7-4-8-12-14/h3-12H,1-2H3/b16-15+. The van der Waals surface area contributed by atoms with Crippen LogP contribution in [0.2, 0.25) is 0 Å². The predicted molar refractivity (Wildman–Crippen MR) is 86.7 cm³/mol. The van der Waals surface area contributed by atoms with Crippen molar-refractivity contribution >= 4 is 33.3 Å². The third-order valence-corrected chi connectivity index (χ3v) is 4.51. The molecule has 92 valence electrons. The van der Waals surface area contributed by atoms with Gasteiger partial charge in [0.05, 0.1) is 0 Å². The van der Waals surface area contributed by atoms with Gasteiger partial charge in [-0.2, -0.15) is 0 Å². The quantitative estimate of drug-likeness (QED) is 0.698. The van der Waals surface area contributed by atoms with Crippen molar-refractivity contribution in [3.8, 4) is 0 Å². The summed E-state index contributed by atoms with van der Waals surface area (Å²) in [5.41, 5.74) is 2.58. The van der Waals surface area contributed by atoms with E-state index in [0.717, 1.165) is 0 Å². The Kier molecular flexibility index (Phi) is 4.97. The summed E-state index contributed by atoms with van der Waals surface area (Å²) in [6.45, 7) is 0. The van der Waals surface area contributed by atoms with Crippen LogP contribution in [0, 0.1) is 0 Å². The van der Waals surface area contributed by atoms with Crippen LogP contribution in [-0.2, 0) is 0 Å². The van der Waals surface area contributed by atoms with E-state index in [1.165, 1.54) is 20.9 Å². The van der Waals surface area contributed by atoms with Crippen molar-refractivity contribution in [2.75, 3.05) is 12.5 Å². The first kappa shape index (κ1) is 13.3. The number of rotatable bonds is 4. The summed E-state index contributed by atoms with van der Waals surface area (Å²) in [5.74, 6) is 0.